The first kappa shape index (κ1) is 21.0. The number of thioether (sulfide) groups is 1. The van der Waals surface area contributed by atoms with E-state index in [4.69, 9.17) is 9.47 Å². The van der Waals surface area contributed by atoms with E-state index in [1.165, 1.54) is 16.7 Å². The van der Waals surface area contributed by atoms with Gasteiger partial charge in [0.15, 0.2) is 11.5 Å². The lowest BCUT2D eigenvalue weighted by atomic mass is 10.1. The third-order valence-corrected chi connectivity index (χ3v) is 6.21. The van der Waals surface area contributed by atoms with Crippen molar-refractivity contribution in [1.29, 1.82) is 0 Å². The predicted octanol–water partition coefficient (Wildman–Crippen LogP) is 2.97. The molecule has 9 heteroatoms. The summed E-state index contributed by atoms with van der Waals surface area (Å²) in [6.07, 6.45) is 0. The number of nitrogens with one attached hydrogen (secondary N) is 1. The number of nitrogens with zero attached hydrogens (tertiary/aromatic N) is 2. The van der Waals surface area contributed by atoms with Crippen LogP contribution in [-0.4, -0.2) is 54.8 Å². The minimum Gasteiger partial charge on any atom is -0.454 e. The first-order valence-corrected chi connectivity index (χ1v) is 11.0. The van der Waals surface area contributed by atoms with Crippen molar-refractivity contribution in [2.24, 2.45) is 0 Å². The zero-order valence-corrected chi connectivity index (χ0v) is 18.2. The molecule has 0 bridgehead atoms. The Morgan fingerprint density at radius 3 is 2.65 bits per heavy atom. The molecule has 2 aromatic rings. The number of rotatable bonds is 6. The third kappa shape index (κ3) is 4.32. The fourth-order valence-electron chi connectivity index (χ4n) is 3.52. The van der Waals surface area contributed by atoms with E-state index in [0.29, 0.717) is 41.5 Å². The van der Waals surface area contributed by atoms with Gasteiger partial charge in [-0.15, -0.1) is 11.8 Å². The Hall–Kier alpha value is -3.20. The van der Waals surface area contributed by atoms with E-state index < -0.39 is 0 Å². The van der Waals surface area contributed by atoms with Crippen molar-refractivity contribution in [3.63, 3.8) is 0 Å². The van der Waals surface area contributed by atoms with E-state index in [-0.39, 0.29) is 36.8 Å². The van der Waals surface area contributed by atoms with Crippen LogP contribution in [0.3, 0.4) is 0 Å². The van der Waals surface area contributed by atoms with Gasteiger partial charge in [0, 0.05) is 35.3 Å². The number of amides is 3. The van der Waals surface area contributed by atoms with Crippen molar-refractivity contribution in [2.45, 2.75) is 18.7 Å². The highest BCUT2D eigenvalue weighted by molar-refractivity contribution is 8.00. The highest BCUT2D eigenvalue weighted by atomic mass is 32.2. The molecule has 0 radical (unpaired) electrons. The molecule has 0 saturated heterocycles. The molecule has 2 aromatic carbocycles. The van der Waals surface area contributed by atoms with Crippen molar-refractivity contribution in [3.05, 3.63) is 42.0 Å². The predicted molar refractivity (Wildman–Crippen MR) is 118 cm³/mol. The minimum atomic E-state index is -0.342. The van der Waals surface area contributed by atoms with Gasteiger partial charge in [-0.25, -0.2) is 0 Å². The number of anilines is 2. The second-order valence-electron chi connectivity index (χ2n) is 7.04. The molecule has 0 spiro atoms. The number of hydrogen-bond donors (Lipinski definition) is 1. The molecular weight excluding hydrogens is 418 g/mol. The van der Waals surface area contributed by atoms with Crippen molar-refractivity contribution in [1.82, 2.24) is 4.90 Å². The van der Waals surface area contributed by atoms with Crippen molar-refractivity contribution in [3.8, 4) is 11.5 Å². The Balaban J connectivity index is 1.53. The SMILES string of the molecule is CCN(CC)C(=O)c1ccc2c(c1)N(CC(=O)Nc1ccc3c(c1)OCO3)C(=O)CS2. The van der Waals surface area contributed by atoms with Crippen LogP contribution in [-0.2, 0) is 9.59 Å². The topological polar surface area (TPSA) is 88.2 Å². The maximum absolute atomic E-state index is 12.8. The largest absolute Gasteiger partial charge is 0.454 e. The smallest absolute Gasteiger partial charge is 0.253 e. The second-order valence-corrected chi connectivity index (χ2v) is 8.06. The van der Waals surface area contributed by atoms with Crippen molar-refractivity contribution < 1.29 is 23.9 Å². The summed E-state index contributed by atoms with van der Waals surface area (Å²) in [5.74, 6) is 0.818. The number of hydrogen-bond acceptors (Lipinski definition) is 6. The summed E-state index contributed by atoms with van der Waals surface area (Å²) < 4.78 is 10.6. The van der Waals surface area contributed by atoms with Crippen LogP contribution < -0.4 is 19.7 Å². The number of benzene rings is 2. The van der Waals surface area contributed by atoms with Gasteiger partial charge in [0.25, 0.3) is 5.91 Å². The summed E-state index contributed by atoms with van der Waals surface area (Å²) in [4.78, 5) is 42.1. The van der Waals surface area contributed by atoms with Gasteiger partial charge in [0.05, 0.1) is 11.4 Å². The molecule has 1 N–H and O–H groups in total. The molecule has 4 rings (SSSR count). The molecule has 2 heterocycles. The number of ether oxygens (including phenoxy) is 2. The van der Waals surface area contributed by atoms with Gasteiger partial charge >= 0.3 is 0 Å². The van der Waals surface area contributed by atoms with E-state index in [9.17, 15) is 14.4 Å². The standard InChI is InChI=1S/C22H23N3O5S/c1-3-24(4-2)22(28)14-5-8-19-16(9-14)25(21(27)12-31-19)11-20(26)23-15-6-7-17-18(10-15)30-13-29-17/h5-10H,3-4,11-13H2,1-2H3,(H,23,26). The average Bonchev–Trinajstić information content (AvgIpc) is 3.24. The molecule has 2 aliphatic rings. The average molecular weight is 442 g/mol. The van der Waals surface area contributed by atoms with Gasteiger partial charge in [-0.3, -0.25) is 14.4 Å². The lowest BCUT2D eigenvalue weighted by Gasteiger charge is -2.29. The fraction of sp³-hybridized carbons (Fsp3) is 0.318. The normalized spacial score (nSPS) is 14.3. The van der Waals surface area contributed by atoms with Crippen molar-refractivity contribution in [2.75, 3.05) is 42.4 Å². The number of carbonyl (C=O) groups excluding carboxylic acids is 3. The Labute approximate surface area is 184 Å². The quantitative estimate of drug-likeness (QED) is 0.742. The highest BCUT2D eigenvalue weighted by Crippen LogP contribution is 2.37. The molecule has 8 nitrogen and oxygen atoms in total. The third-order valence-electron chi connectivity index (χ3n) is 5.16. The van der Waals surface area contributed by atoms with Crippen LogP contribution in [0.15, 0.2) is 41.3 Å². The van der Waals surface area contributed by atoms with Crippen LogP contribution in [0.4, 0.5) is 11.4 Å². The molecule has 31 heavy (non-hydrogen) atoms. The lowest BCUT2D eigenvalue weighted by molar-refractivity contribution is -0.120. The second kappa shape index (κ2) is 8.89. The van der Waals surface area contributed by atoms with E-state index >= 15 is 0 Å². The Bertz CT molecular complexity index is 1040. The molecule has 3 amide bonds. The highest BCUT2D eigenvalue weighted by Gasteiger charge is 2.28. The number of carbonyl (C=O) groups is 3. The summed E-state index contributed by atoms with van der Waals surface area (Å²) in [6, 6.07) is 10.4. The van der Waals surface area contributed by atoms with E-state index in [0.717, 1.165) is 4.90 Å². The minimum absolute atomic E-state index is 0.0967. The first-order valence-electron chi connectivity index (χ1n) is 10.1. The molecule has 0 aromatic heterocycles. The molecule has 0 fully saturated rings. The number of fused-ring (bicyclic) bond motifs is 2. The molecule has 162 valence electrons. The summed E-state index contributed by atoms with van der Waals surface area (Å²) >= 11 is 1.41. The summed E-state index contributed by atoms with van der Waals surface area (Å²) in [5.41, 5.74) is 1.64. The van der Waals surface area contributed by atoms with E-state index in [1.807, 2.05) is 19.9 Å². The summed E-state index contributed by atoms with van der Waals surface area (Å²) in [7, 11) is 0. The molecule has 0 atom stereocenters. The van der Waals surface area contributed by atoms with Gasteiger partial charge in [0.1, 0.15) is 6.54 Å². The molecule has 0 saturated carbocycles. The van der Waals surface area contributed by atoms with Crippen LogP contribution in [0, 0.1) is 0 Å². The summed E-state index contributed by atoms with van der Waals surface area (Å²) in [6.45, 7) is 5.04. The monoisotopic (exact) mass is 441 g/mol. The van der Waals surface area contributed by atoms with Gasteiger partial charge in [0.2, 0.25) is 18.6 Å². The van der Waals surface area contributed by atoms with Gasteiger partial charge in [-0.1, -0.05) is 0 Å². The Morgan fingerprint density at radius 1 is 1.10 bits per heavy atom. The molecule has 0 aliphatic carbocycles. The van der Waals surface area contributed by atoms with Crippen LogP contribution in [0.1, 0.15) is 24.2 Å². The van der Waals surface area contributed by atoms with E-state index in [2.05, 4.69) is 5.32 Å². The maximum atomic E-state index is 12.8. The van der Waals surface area contributed by atoms with Crippen LogP contribution >= 0.6 is 11.8 Å². The van der Waals surface area contributed by atoms with Crippen LogP contribution in [0.2, 0.25) is 0 Å². The lowest BCUT2D eigenvalue weighted by Crippen LogP contribution is -2.41. The van der Waals surface area contributed by atoms with Crippen molar-refractivity contribution >= 4 is 40.9 Å². The fourth-order valence-corrected chi connectivity index (χ4v) is 4.44. The van der Waals surface area contributed by atoms with E-state index in [1.54, 1.807) is 35.2 Å². The van der Waals surface area contributed by atoms with Crippen LogP contribution in [0.25, 0.3) is 0 Å². The Morgan fingerprint density at radius 2 is 1.87 bits per heavy atom. The first-order chi connectivity index (χ1) is 15.0. The maximum Gasteiger partial charge on any atom is 0.253 e. The summed E-state index contributed by atoms with van der Waals surface area (Å²) in [5, 5.41) is 2.79. The van der Waals surface area contributed by atoms with Crippen LogP contribution in [0.5, 0.6) is 11.5 Å². The molecule has 0 unspecified atom stereocenters. The van der Waals surface area contributed by atoms with Gasteiger partial charge in [-0.05, 0) is 44.2 Å². The zero-order valence-electron chi connectivity index (χ0n) is 17.3. The molecular formula is C22H23N3O5S. The van der Waals surface area contributed by atoms with Gasteiger partial charge < -0.3 is 24.6 Å². The Kier molecular flexibility index (Phi) is 6.03. The zero-order chi connectivity index (χ0) is 22.0. The molecule has 2 aliphatic heterocycles. The van der Waals surface area contributed by atoms with Gasteiger partial charge in [-0.2, -0.15) is 0 Å².